The Morgan fingerprint density at radius 3 is 2.79 bits per heavy atom. The highest BCUT2D eigenvalue weighted by molar-refractivity contribution is 5.69. The lowest BCUT2D eigenvalue weighted by atomic mass is 10.3. The molecular weight excluding hydrogens is 184 g/mol. The van der Waals surface area contributed by atoms with Crippen LogP contribution in [0.5, 0.6) is 0 Å². The molecule has 1 fully saturated rings. The number of esters is 1. The molecule has 1 rings (SSSR count). The van der Waals surface area contributed by atoms with Gasteiger partial charge < -0.3 is 14.2 Å². The fraction of sp³-hybridized carbons (Fsp3) is 0.900. The van der Waals surface area contributed by atoms with Crippen molar-refractivity contribution in [2.45, 2.75) is 45.5 Å². The molecule has 0 saturated carbocycles. The van der Waals surface area contributed by atoms with E-state index in [0.717, 1.165) is 6.42 Å². The first-order valence-electron chi connectivity index (χ1n) is 5.01. The zero-order chi connectivity index (χ0) is 10.6. The van der Waals surface area contributed by atoms with Crippen LogP contribution in [0, 0.1) is 0 Å². The van der Waals surface area contributed by atoms with Gasteiger partial charge in [-0.3, -0.25) is 4.79 Å². The van der Waals surface area contributed by atoms with Gasteiger partial charge in [-0.05, 0) is 20.3 Å². The average molecular weight is 202 g/mol. The maximum Gasteiger partial charge on any atom is 0.305 e. The fourth-order valence-electron chi connectivity index (χ4n) is 1.31. The van der Waals surface area contributed by atoms with E-state index in [1.54, 1.807) is 0 Å². The highest BCUT2D eigenvalue weighted by Gasteiger charge is 2.33. The second kappa shape index (κ2) is 4.75. The zero-order valence-corrected chi connectivity index (χ0v) is 9.04. The number of ether oxygens (including phenoxy) is 3. The smallest absolute Gasteiger partial charge is 0.305 e. The summed E-state index contributed by atoms with van der Waals surface area (Å²) in [5.41, 5.74) is 0. The molecule has 0 bridgehead atoms. The van der Waals surface area contributed by atoms with Crippen molar-refractivity contribution in [3.8, 4) is 0 Å². The molecule has 1 saturated heterocycles. The van der Waals surface area contributed by atoms with Gasteiger partial charge in [0.25, 0.3) is 0 Å². The highest BCUT2D eigenvalue weighted by atomic mass is 16.7. The topological polar surface area (TPSA) is 44.8 Å². The molecule has 1 unspecified atom stereocenters. The van der Waals surface area contributed by atoms with Crippen LogP contribution in [0.15, 0.2) is 0 Å². The van der Waals surface area contributed by atoms with Gasteiger partial charge in [0, 0.05) is 6.42 Å². The molecule has 82 valence electrons. The van der Waals surface area contributed by atoms with Gasteiger partial charge in [-0.1, -0.05) is 6.92 Å². The van der Waals surface area contributed by atoms with E-state index < -0.39 is 5.79 Å². The second-order valence-electron chi connectivity index (χ2n) is 3.88. The van der Waals surface area contributed by atoms with Crippen LogP contribution in [0.2, 0.25) is 0 Å². The van der Waals surface area contributed by atoms with Crippen LogP contribution in [0.1, 0.15) is 33.6 Å². The van der Waals surface area contributed by atoms with Gasteiger partial charge in [-0.15, -0.1) is 0 Å². The van der Waals surface area contributed by atoms with Crippen molar-refractivity contribution < 1.29 is 19.0 Å². The molecule has 1 aliphatic rings. The van der Waals surface area contributed by atoms with Crippen molar-refractivity contribution in [1.82, 2.24) is 0 Å². The molecular formula is C10H18O4. The molecule has 0 spiro atoms. The van der Waals surface area contributed by atoms with E-state index in [9.17, 15) is 4.79 Å². The third-order valence-electron chi connectivity index (χ3n) is 1.95. The van der Waals surface area contributed by atoms with Crippen molar-refractivity contribution in [3.63, 3.8) is 0 Å². The van der Waals surface area contributed by atoms with Crippen LogP contribution >= 0.6 is 0 Å². The van der Waals surface area contributed by atoms with Gasteiger partial charge in [0.1, 0.15) is 12.7 Å². The largest absolute Gasteiger partial charge is 0.463 e. The van der Waals surface area contributed by atoms with Gasteiger partial charge in [0.2, 0.25) is 0 Å². The Morgan fingerprint density at radius 1 is 1.57 bits per heavy atom. The molecule has 0 amide bonds. The Labute approximate surface area is 84.5 Å². The van der Waals surface area contributed by atoms with Crippen LogP contribution in [0.4, 0.5) is 0 Å². The summed E-state index contributed by atoms with van der Waals surface area (Å²) in [5.74, 6) is -0.706. The molecule has 0 aromatic heterocycles. The Hall–Kier alpha value is -0.610. The van der Waals surface area contributed by atoms with Crippen LogP contribution < -0.4 is 0 Å². The number of hydrogen-bond acceptors (Lipinski definition) is 4. The molecule has 0 aromatic rings. The zero-order valence-electron chi connectivity index (χ0n) is 9.04. The number of rotatable bonds is 4. The third kappa shape index (κ3) is 3.64. The van der Waals surface area contributed by atoms with Gasteiger partial charge >= 0.3 is 5.97 Å². The first-order valence-corrected chi connectivity index (χ1v) is 5.01. The maximum absolute atomic E-state index is 11.0. The lowest BCUT2D eigenvalue weighted by Crippen LogP contribution is -2.25. The first-order chi connectivity index (χ1) is 6.53. The highest BCUT2D eigenvalue weighted by Crippen LogP contribution is 2.22. The van der Waals surface area contributed by atoms with Crippen LogP contribution in [0.3, 0.4) is 0 Å². The van der Waals surface area contributed by atoms with Gasteiger partial charge in [0.15, 0.2) is 5.79 Å². The lowest BCUT2D eigenvalue weighted by Gasteiger charge is -2.16. The molecule has 0 aromatic carbocycles. The molecule has 0 N–H and O–H groups in total. The quantitative estimate of drug-likeness (QED) is 0.648. The van der Waals surface area contributed by atoms with Gasteiger partial charge in [-0.2, -0.15) is 0 Å². The van der Waals surface area contributed by atoms with Gasteiger partial charge in [0.05, 0.1) is 6.61 Å². The normalized spacial score (nSPS) is 24.9. The summed E-state index contributed by atoms with van der Waals surface area (Å²) in [6.45, 7) is 6.43. The van der Waals surface area contributed by atoms with Crippen molar-refractivity contribution in [1.29, 1.82) is 0 Å². The summed E-state index contributed by atoms with van der Waals surface area (Å²) in [5, 5.41) is 0. The van der Waals surface area contributed by atoms with Crippen molar-refractivity contribution in [2.24, 2.45) is 0 Å². The molecule has 0 radical (unpaired) electrons. The average Bonchev–Trinajstić information content (AvgIpc) is 2.43. The lowest BCUT2D eigenvalue weighted by molar-refractivity contribution is -0.158. The van der Waals surface area contributed by atoms with Crippen molar-refractivity contribution in [3.05, 3.63) is 0 Å². The minimum Gasteiger partial charge on any atom is -0.463 e. The molecule has 1 atom stereocenters. The van der Waals surface area contributed by atoms with Crippen molar-refractivity contribution >= 4 is 5.97 Å². The summed E-state index contributed by atoms with van der Waals surface area (Å²) < 4.78 is 15.8. The van der Waals surface area contributed by atoms with E-state index in [1.807, 2.05) is 20.8 Å². The minimum atomic E-state index is -0.540. The molecule has 4 heteroatoms. The van der Waals surface area contributed by atoms with E-state index in [2.05, 4.69) is 0 Å². The molecule has 1 heterocycles. The van der Waals surface area contributed by atoms with E-state index in [4.69, 9.17) is 14.2 Å². The Kier molecular flexibility index (Phi) is 3.89. The summed E-state index contributed by atoms with van der Waals surface area (Å²) in [6, 6.07) is 0. The predicted molar refractivity (Wildman–Crippen MR) is 50.8 cm³/mol. The number of carbonyl (C=O) groups excluding carboxylic acids is 1. The SMILES string of the molecule is CCCC(=O)OCC1COC(C)(C)O1. The molecule has 0 aliphatic carbocycles. The second-order valence-corrected chi connectivity index (χ2v) is 3.88. The van der Waals surface area contributed by atoms with Crippen LogP contribution in [-0.2, 0) is 19.0 Å². The third-order valence-corrected chi connectivity index (χ3v) is 1.95. The summed E-state index contributed by atoms with van der Waals surface area (Å²) in [7, 11) is 0. The summed E-state index contributed by atoms with van der Waals surface area (Å²) in [6.07, 6.45) is 1.16. The van der Waals surface area contributed by atoms with E-state index >= 15 is 0 Å². The van der Waals surface area contributed by atoms with Crippen LogP contribution in [0.25, 0.3) is 0 Å². The number of hydrogen-bond donors (Lipinski definition) is 0. The van der Waals surface area contributed by atoms with E-state index in [-0.39, 0.29) is 12.1 Å². The fourth-order valence-corrected chi connectivity index (χ4v) is 1.31. The summed E-state index contributed by atoms with van der Waals surface area (Å²) >= 11 is 0. The Morgan fingerprint density at radius 2 is 2.29 bits per heavy atom. The predicted octanol–water partition coefficient (Wildman–Crippen LogP) is 1.48. The van der Waals surface area contributed by atoms with E-state index in [1.165, 1.54) is 0 Å². The molecule has 14 heavy (non-hydrogen) atoms. The maximum atomic E-state index is 11.0. The monoisotopic (exact) mass is 202 g/mol. The molecule has 1 aliphatic heterocycles. The minimum absolute atomic E-state index is 0.120. The first kappa shape index (κ1) is 11.5. The van der Waals surface area contributed by atoms with Crippen molar-refractivity contribution in [2.75, 3.05) is 13.2 Å². The molecule has 4 nitrogen and oxygen atoms in total. The standard InChI is InChI=1S/C10H18O4/c1-4-5-9(11)12-6-8-7-13-10(2,3)14-8/h8H,4-7H2,1-3H3. The summed E-state index contributed by atoms with van der Waals surface area (Å²) in [4.78, 5) is 11.0. The van der Waals surface area contributed by atoms with E-state index in [0.29, 0.717) is 19.6 Å². The van der Waals surface area contributed by atoms with Gasteiger partial charge in [-0.25, -0.2) is 0 Å². The van der Waals surface area contributed by atoms with Crippen LogP contribution in [-0.4, -0.2) is 31.1 Å². The Balaban J connectivity index is 2.17. The number of carbonyl (C=O) groups is 1. The Bertz CT molecular complexity index is 200.